The molecule has 0 atom stereocenters. The van der Waals surface area contributed by atoms with Crippen LogP contribution in [0.4, 0.5) is 5.95 Å². The lowest BCUT2D eigenvalue weighted by Crippen LogP contribution is -2.01. The molecule has 0 spiro atoms. The van der Waals surface area contributed by atoms with Crippen LogP contribution in [0.5, 0.6) is 5.75 Å². The molecule has 0 aliphatic carbocycles. The van der Waals surface area contributed by atoms with E-state index in [9.17, 15) is 0 Å². The van der Waals surface area contributed by atoms with Crippen molar-refractivity contribution in [3.8, 4) is 17.0 Å². The molecule has 2 N–H and O–H groups in total. The molecule has 0 unspecified atom stereocenters. The Bertz CT molecular complexity index is 616. The van der Waals surface area contributed by atoms with Gasteiger partial charge in [-0.05, 0) is 56.5 Å². The van der Waals surface area contributed by atoms with Crippen molar-refractivity contribution in [2.45, 2.75) is 27.7 Å². The average molecular weight is 257 g/mol. The van der Waals surface area contributed by atoms with E-state index in [1.54, 1.807) is 7.11 Å². The van der Waals surface area contributed by atoms with Gasteiger partial charge in [0.1, 0.15) is 5.75 Å². The zero-order valence-corrected chi connectivity index (χ0v) is 12.0. The van der Waals surface area contributed by atoms with E-state index in [0.29, 0.717) is 5.95 Å². The molecule has 1 aromatic carbocycles. The van der Waals surface area contributed by atoms with Crippen molar-refractivity contribution in [2.24, 2.45) is 0 Å². The summed E-state index contributed by atoms with van der Waals surface area (Å²) in [5.41, 5.74) is 11.9. The van der Waals surface area contributed by atoms with Gasteiger partial charge in [-0.1, -0.05) is 0 Å². The van der Waals surface area contributed by atoms with Crippen molar-refractivity contribution in [3.05, 3.63) is 34.5 Å². The van der Waals surface area contributed by atoms with E-state index in [1.807, 2.05) is 19.9 Å². The summed E-state index contributed by atoms with van der Waals surface area (Å²) >= 11 is 0. The highest BCUT2D eigenvalue weighted by molar-refractivity contribution is 5.69. The summed E-state index contributed by atoms with van der Waals surface area (Å²) in [5.74, 6) is 1.24. The Morgan fingerprint density at radius 1 is 1.00 bits per heavy atom. The Balaban J connectivity index is 2.69. The highest BCUT2D eigenvalue weighted by Crippen LogP contribution is 2.33. The van der Waals surface area contributed by atoms with Gasteiger partial charge in [0.2, 0.25) is 5.95 Å². The van der Waals surface area contributed by atoms with Crippen LogP contribution in [0.25, 0.3) is 11.3 Å². The van der Waals surface area contributed by atoms with Crippen molar-refractivity contribution in [2.75, 3.05) is 12.8 Å². The summed E-state index contributed by atoms with van der Waals surface area (Å²) in [6.45, 7) is 8.08. The molecule has 19 heavy (non-hydrogen) atoms. The summed E-state index contributed by atoms with van der Waals surface area (Å²) in [6.07, 6.45) is 0. The highest BCUT2D eigenvalue weighted by atomic mass is 16.5. The van der Waals surface area contributed by atoms with Gasteiger partial charge in [0, 0.05) is 11.3 Å². The lowest BCUT2D eigenvalue weighted by molar-refractivity contribution is 0.408. The van der Waals surface area contributed by atoms with Crippen molar-refractivity contribution in [3.63, 3.8) is 0 Å². The van der Waals surface area contributed by atoms with Crippen molar-refractivity contribution < 1.29 is 4.74 Å². The monoisotopic (exact) mass is 257 g/mol. The molecule has 4 heteroatoms. The SMILES string of the molecule is COc1c(C)cc(-c2cc(C)nc(N)n2)c(C)c1C. The zero-order valence-electron chi connectivity index (χ0n) is 12.0. The quantitative estimate of drug-likeness (QED) is 0.898. The number of anilines is 1. The van der Waals surface area contributed by atoms with Crippen LogP contribution in [-0.4, -0.2) is 17.1 Å². The molecule has 4 nitrogen and oxygen atoms in total. The first kappa shape index (κ1) is 13.3. The Kier molecular flexibility index (Phi) is 3.42. The minimum Gasteiger partial charge on any atom is -0.496 e. The van der Waals surface area contributed by atoms with Crippen LogP contribution in [0, 0.1) is 27.7 Å². The van der Waals surface area contributed by atoms with Gasteiger partial charge in [0.25, 0.3) is 0 Å². The molecule has 0 saturated heterocycles. The summed E-state index contributed by atoms with van der Waals surface area (Å²) in [5, 5.41) is 0. The number of benzene rings is 1. The number of rotatable bonds is 2. The zero-order chi connectivity index (χ0) is 14.2. The molecule has 100 valence electrons. The van der Waals surface area contributed by atoms with Gasteiger partial charge in [-0.3, -0.25) is 0 Å². The Morgan fingerprint density at radius 3 is 2.26 bits per heavy atom. The van der Waals surface area contributed by atoms with Crippen LogP contribution in [0.1, 0.15) is 22.4 Å². The van der Waals surface area contributed by atoms with Gasteiger partial charge >= 0.3 is 0 Å². The third kappa shape index (κ3) is 2.38. The molecule has 1 aromatic heterocycles. The first-order chi connectivity index (χ1) is 8.93. The number of nitrogen functional groups attached to an aromatic ring is 1. The van der Waals surface area contributed by atoms with Gasteiger partial charge in [-0.15, -0.1) is 0 Å². The van der Waals surface area contributed by atoms with E-state index in [-0.39, 0.29) is 0 Å². The third-order valence-corrected chi connectivity index (χ3v) is 3.38. The van der Waals surface area contributed by atoms with E-state index in [0.717, 1.165) is 39.4 Å². The summed E-state index contributed by atoms with van der Waals surface area (Å²) in [7, 11) is 1.70. The van der Waals surface area contributed by atoms with Gasteiger partial charge in [0.15, 0.2) is 0 Å². The molecule has 0 aliphatic rings. The van der Waals surface area contributed by atoms with Crippen LogP contribution in [-0.2, 0) is 0 Å². The first-order valence-corrected chi connectivity index (χ1v) is 6.20. The number of ether oxygens (including phenoxy) is 1. The van der Waals surface area contributed by atoms with Crippen LogP contribution in [0.3, 0.4) is 0 Å². The van der Waals surface area contributed by atoms with E-state index >= 15 is 0 Å². The fraction of sp³-hybridized carbons (Fsp3) is 0.333. The van der Waals surface area contributed by atoms with Gasteiger partial charge in [-0.25, -0.2) is 9.97 Å². The second kappa shape index (κ2) is 4.88. The maximum atomic E-state index is 5.73. The number of aryl methyl sites for hydroxylation is 2. The topological polar surface area (TPSA) is 61.0 Å². The summed E-state index contributed by atoms with van der Waals surface area (Å²) in [6, 6.07) is 4.03. The lowest BCUT2D eigenvalue weighted by atomic mass is 9.96. The Hall–Kier alpha value is -2.10. The van der Waals surface area contributed by atoms with Gasteiger partial charge in [0.05, 0.1) is 12.8 Å². The normalized spacial score (nSPS) is 10.6. The van der Waals surface area contributed by atoms with Gasteiger partial charge < -0.3 is 10.5 Å². The van der Waals surface area contributed by atoms with Crippen LogP contribution < -0.4 is 10.5 Å². The molecule has 0 saturated carbocycles. The maximum absolute atomic E-state index is 5.73. The van der Waals surface area contributed by atoms with Crippen molar-refractivity contribution >= 4 is 5.95 Å². The van der Waals surface area contributed by atoms with Gasteiger partial charge in [-0.2, -0.15) is 0 Å². The molecule has 0 bridgehead atoms. The van der Waals surface area contributed by atoms with E-state index < -0.39 is 0 Å². The number of aromatic nitrogens is 2. The standard InChI is InChI=1S/C15H19N3O/c1-8-6-12(10(3)11(4)14(8)19-5)13-7-9(2)17-15(16)18-13/h6-7H,1-5H3,(H2,16,17,18). The number of hydrogen-bond acceptors (Lipinski definition) is 4. The number of methoxy groups -OCH3 is 1. The summed E-state index contributed by atoms with van der Waals surface area (Å²) in [4.78, 5) is 8.44. The average Bonchev–Trinajstić information content (AvgIpc) is 2.33. The Labute approximate surface area is 113 Å². The maximum Gasteiger partial charge on any atom is 0.220 e. The first-order valence-electron chi connectivity index (χ1n) is 6.20. The second-order valence-corrected chi connectivity index (χ2v) is 4.78. The second-order valence-electron chi connectivity index (χ2n) is 4.78. The number of hydrogen-bond donors (Lipinski definition) is 1. The lowest BCUT2D eigenvalue weighted by Gasteiger charge is -2.15. The molecular weight excluding hydrogens is 238 g/mol. The van der Waals surface area contributed by atoms with Crippen LogP contribution in [0.15, 0.2) is 12.1 Å². The molecule has 2 aromatic rings. The minimum absolute atomic E-state index is 0.306. The van der Waals surface area contributed by atoms with Crippen LogP contribution >= 0.6 is 0 Å². The van der Waals surface area contributed by atoms with E-state index in [1.165, 1.54) is 0 Å². The number of nitrogens with two attached hydrogens (primary N) is 1. The predicted octanol–water partition coefficient (Wildman–Crippen LogP) is 2.97. The largest absolute Gasteiger partial charge is 0.496 e. The van der Waals surface area contributed by atoms with Crippen molar-refractivity contribution in [1.82, 2.24) is 9.97 Å². The number of nitrogens with zero attached hydrogens (tertiary/aromatic N) is 2. The third-order valence-electron chi connectivity index (χ3n) is 3.38. The highest BCUT2D eigenvalue weighted by Gasteiger charge is 2.13. The minimum atomic E-state index is 0.306. The van der Waals surface area contributed by atoms with E-state index in [4.69, 9.17) is 10.5 Å². The smallest absolute Gasteiger partial charge is 0.220 e. The fourth-order valence-electron chi connectivity index (χ4n) is 2.37. The van der Waals surface area contributed by atoms with Crippen molar-refractivity contribution in [1.29, 1.82) is 0 Å². The van der Waals surface area contributed by atoms with E-state index in [2.05, 4.69) is 29.9 Å². The summed E-state index contributed by atoms with van der Waals surface area (Å²) < 4.78 is 5.44. The molecular formula is C15H19N3O. The molecule has 1 heterocycles. The molecule has 0 aliphatic heterocycles. The predicted molar refractivity (Wildman–Crippen MR) is 77.4 cm³/mol. The molecule has 0 radical (unpaired) electrons. The molecule has 2 rings (SSSR count). The fourth-order valence-corrected chi connectivity index (χ4v) is 2.37. The molecule has 0 fully saturated rings. The molecule has 0 amide bonds. The van der Waals surface area contributed by atoms with Crippen LogP contribution in [0.2, 0.25) is 0 Å². The Morgan fingerprint density at radius 2 is 1.68 bits per heavy atom.